The predicted octanol–water partition coefficient (Wildman–Crippen LogP) is 3.13. The summed E-state index contributed by atoms with van der Waals surface area (Å²) >= 11 is 0. The molecule has 0 aliphatic carbocycles. The minimum Gasteiger partial charge on any atom is -0.313 e. The molecule has 3 rings (SSSR count). The summed E-state index contributed by atoms with van der Waals surface area (Å²) in [5.74, 6) is 0. The number of likely N-dealkylation sites (N-methyl/N-ethyl adjacent to an activating group) is 1. The summed E-state index contributed by atoms with van der Waals surface area (Å²) < 4.78 is 0. The van der Waals surface area contributed by atoms with Crippen LogP contribution in [0, 0.1) is 0 Å². The van der Waals surface area contributed by atoms with Crippen molar-refractivity contribution in [3.05, 3.63) is 72.3 Å². The topological polar surface area (TPSA) is 37.8 Å². The highest BCUT2D eigenvalue weighted by atomic mass is 14.9. The van der Waals surface area contributed by atoms with Crippen molar-refractivity contribution >= 4 is 10.8 Å². The first kappa shape index (κ1) is 12.8. The van der Waals surface area contributed by atoms with Gasteiger partial charge in [-0.25, -0.2) is 0 Å². The second-order valence-corrected chi connectivity index (χ2v) is 4.85. The van der Waals surface area contributed by atoms with Crippen molar-refractivity contribution in [1.29, 1.82) is 0 Å². The van der Waals surface area contributed by atoms with Gasteiger partial charge in [-0.1, -0.05) is 24.3 Å². The van der Waals surface area contributed by atoms with Crippen LogP contribution >= 0.6 is 0 Å². The zero-order valence-electron chi connectivity index (χ0n) is 11.5. The van der Waals surface area contributed by atoms with E-state index in [1.54, 1.807) is 6.20 Å². The first-order valence-electron chi connectivity index (χ1n) is 6.77. The summed E-state index contributed by atoms with van der Waals surface area (Å²) in [6.45, 7) is 0. The van der Waals surface area contributed by atoms with Crippen molar-refractivity contribution in [2.24, 2.45) is 0 Å². The number of rotatable bonds is 4. The summed E-state index contributed by atoms with van der Waals surface area (Å²) in [4.78, 5) is 8.45. The summed E-state index contributed by atoms with van der Waals surface area (Å²) in [6, 6.07) is 12.8. The van der Waals surface area contributed by atoms with E-state index in [-0.39, 0.29) is 6.04 Å². The van der Waals surface area contributed by atoms with Gasteiger partial charge in [-0.3, -0.25) is 9.97 Å². The van der Waals surface area contributed by atoms with Gasteiger partial charge in [0.25, 0.3) is 0 Å². The van der Waals surface area contributed by atoms with E-state index >= 15 is 0 Å². The van der Waals surface area contributed by atoms with Crippen LogP contribution in [0.25, 0.3) is 10.8 Å². The molecule has 1 N–H and O–H groups in total. The van der Waals surface area contributed by atoms with Crippen molar-refractivity contribution in [3.63, 3.8) is 0 Å². The van der Waals surface area contributed by atoms with Crippen LogP contribution in [-0.4, -0.2) is 17.0 Å². The van der Waals surface area contributed by atoms with Gasteiger partial charge in [-0.2, -0.15) is 0 Å². The highest BCUT2D eigenvalue weighted by molar-refractivity contribution is 5.85. The van der Waals surface area contributed by atoms with Gasteiger partial charge in [-0.15, -0.1) is 0 Å². The van der Waals surface area contributed by atoms with E-state index < -0.39 is 0 Å². The van der Waals surface area contributed by atoms with E-state index in [9.17, 15) is 0 Å². The molecule has 1 aromatic carbocycles. The lowest BCUT2D eigenvalue weighted by atomic mass is 9.96. The molecule has 3 heteroatoms. The SMILES string of the molecule is CNC(Cc1cccnc1)c1cccc2ccncc12. The fraction of sp³-hybridized carbons (Fsp3) is 0.176. The Hall–Kier alpha value is -2.26. The Morgan fingerprint density at radius 1 is 1.00 bits per heavy atom. The Labute approximate surface area is 118 Å². The standard InChI is InChI=1S/C17H17N3/c1-18-17(10-13-4-3-8-19-11-13)15-6-2-5-14-7-9-20-12-16(14)15/h2-9,11-12,17-18H,10H2,1H3. The predicted molar refractivity (Wildman–Crippen MR) is 81.5 cm³/mol. The third-order valence-corrected chi connectivity index (χ3v) is 3.60. The van der Waals surface area contributed by atoms with E-state index in [4.69, 9.17) is 0 Å². The average molecular weight is 263 g/mol. The van der Waals surface area contributed by atoms with Crippen LogP contribution in [0.4, 0.5) is 0 Å². The number of fused-ring (bicyclic) bond motifs is 1. The van der Waals surface area contributed by atoms with Gasteiger partial charge in [0, 0.05) is 36.2 Å². The maximum Gasteiger partial charge on any atom is 0.0365 e. The van der Waals surface area contributed by atoms with Crippen molar-refractivity contribution < 1.29 is 0 Å². The molecule has 0 fully saturated rings. The van der Waals surface area contributed by atoms with Crippen LogP contribution in [0.1, 0.15) is 17.2 Å². The number of hydrogen-bond acceptors (Lipinski definition) is 3. The maximum atomic E-state index is 4.26. The fourth-order valence-corrected chi connectivity index (χ4v) is 2.56. The molecule has 0 radical (unpaired) electrons. The molecule has 20 heavy (non-hydrogen) atoms. The van der Waals surface area contributed by atoms with Crippen molar-refractivity contribution in [2.75, 3.05) is 7.05 Å². The second-order valence-electron chi connectivity index (χ2n) is 4.85. The van der Waals surface area contributed by atoms with E-state index in [2.05, 4.69) is 45.6 Å². The molecule has 0 aliphatic heterocycles. The third-order valence-electron chi connectivity index (χ3n) is 3.60. The Balaban J connectivity index is 1.99. The molecule has 0 aliphatic rings. The lowest BCUT2D eigenvalue weighted by molar-refractivity contribution is 0.595. The molecular weight excluding hydrogens is 246 g/mol. The van der Waals surface area contributed by atoms with Crippen LogP contribution in [0.3, 0.4) is 0 Å². The smallest absolute Gasteiger partial charge is 0.0365 e. The normalized spacial score (nSPS) is 12.4. The minimum atomic E-state index is 0.257. The number of nitrogens with zero attached hydrogens (tertiary/aromatic N) is 2. The quantitative estimate of drug-likeness (QED) is 0.786. The molecule has 3 nitrogen and oxygen atoms in total. The Morgan fingerprint density at radius 3 is 2.70 bits per heavy atom. The highest BCUT2D eigenvalue weighted by Gasteiger charge is 2.13. The Bertz CT molecular complexity index is 689. The molecule has 0 spiro atoms. The molecule has 0 saturated carbocycles. The summed E-state index contributed by atoms with van der Waals surface area (Å²) in [5.41, 5.74) is 2.51. The molecular formula is C17H17N3. The van der Waals surface area contributed by atoms with Crippen LogP contribution in [0.5, 0.6) is 0 Å². The van der Waals surface area contributed by atoms with Gasteiger partial charge in [0.1, 0.15) is 0 Å². The largest absolute Gasteiger partial charge is 0.313 e. The summed E-state index contributed by atoms with van der Waals surface area (Å²) in [5, 5.41) is 5.84. The van der Waals surface area contributed by atoms with Gasteiger partial charge in [0.05, 0.1) is 0 Å². The van der Waals surface area contributed by atoms with Crippen molar-refractivity contribution in [2.45, 2.75) is 12.5 Å². The van der Waals surface area contributed by atoms with E-state index in [1.807, 2.05) is 31.7 Å². The minimum absolute atomic E-state index is 0.257. The highest BCUT2D eigenvalue weighted by Crippen LogP contribution is 2.25. The van der Waals surface area contributed by atoms with Gasteiger partial charge in [0.15, 0.2) is 0 Å². The summed E-state index contributed by atoms with van der Waals surface area (Å²) in [7, 11) is 2.00. The lowest BCUT2D eigenvalue weighted by Gasteiger charge is -2.18. The molecule has 1 atom stereocenters. The molecule has 100 valence electrons. The molecule has 1 unspecified atom stereocenters. The monoisotopic (exact) mass is 263 g/mol. The van der Waals surface area contributed by atoms with Crippen LogP contribution in [0.15, 0.2) is 61.2 Å². The van der Waals surface area contributed by atoms with Gasteiger partial charge in [0.2, 0.25) is 0 Å². The number of nitrogens with one attached hydrogen (secondary N) is 1. The first-order valence-corrected chi connectivity index (χ1v) is 6.77. The van der Waals surface area contributed by atoms with E-state index in [0.717, 1.165) is 6.42 Å². The van der Waals surface area contributed by atoms with Crippen molar-refractivity contribution in [1.82, 2.24) is 15.3 Å². The van der Waals surface area contributed by atoms with Gasteiger partial charge >= 0.3 is 0 Å². The van der Waals surface area contributed by atoms with Gasteiger partial charge < -0.3 is 5.32 Å². The van der Waals surface area contributed by atoms with Gasteiger partial charge in [-0.05, 0) is 42.1 Å². The van der Waals surface area contributed by atoms with E-state index in [1.165, 1.54) is 21.9 Å². The lowest BCUT2D eigenvalue weighted by Crippen LogP contribution is -2.19. The first-order chi connectivity index (χ1) is 9.88. The zero-order valence-corrected chi connectivity index (χ0v) is 11.5. The number of hydrogen-bond donors (Lipinski definition) is 1. The number of benzene rings is 1. The molecule has 0 amide bonds. The van der Waals surface area contributed by atoms with Crippen LogP contribution in [-0.2, 0) is 6.42 Å². The fourth-order valence-electron chi connectivity index (χ4n) is 2.56. The Kier molecular flexibility index (Phi) is 3.70. The Morgan fingerprint density at radius 2 is 1.90 bits per heavy atom. The second kappa shape index (κ2) is 5.80. The number of pyridine rings is 2. The molecule has 0 bridgehead atoms. The van der Waals surface area contributed by atoms with Crippen LogP contribution < -0.4 is 5.32 Å². The average Bonchev–Trinajstić information content (AvgIpc) is 2.53. The van der Waals surface area contributed by atoms with Crippen LogP contribution in [0.2, 0.25) is 0 Å². The molecule has 3 aromatic rings. The zero-order chi connectivity index (χ0) is 13.8. The van der Waals surface area contributed by atoms with Crippen molar-refractivity contribution in [3.8, 4) is 0 Å². The molecule has 2 heterocycles. The molecule has 2 aromatic heterocycles. The summed E-state index contributed by atoms with van der Waals surface area (Å²) in [6.07, 6.45) is 8.42. The van der Waals surface area contributed by atoms with E-state index in [0.29, 0.717) is 0 Å². The number of aromatic nitrogens is 2. The third kappa shape index (κ3) is 2.53. The molecule has 0 saturated heterocycles. The maximum absolute atomic E-state index is 4.26.